The third-order valence-corrected chi connectivity index (χ3v) is 2.83. The van der Waals surface area contributed by atoms with Gasteiger partial charge in [0.15, 0.2) is 5.78 Å². The molecular formula is C15H21NO4. The van der Waals surface area contributed by atoms with Gasteiger partial charge in [0.25, 0.3) is 0 Å². The molecule has 0 N–H and O–H groups in total. The molecule has 0 aromatic heterocycles. The molecule has 0 radical (unpaired) electrons. The summed E-state index contributed by atoms with van der Waals surface area (Å²) >= 11 is 0. The van der Waals surface area contributed by atoms with Gasteiger partial charge < -0.3 is 9.47 Å². The molecule has 5 nitrogen and oxygen atoms in total. The highest BCUT2D eigenvalue weighted by Crippen LogP contribution is 2.22. The molecule has 0 aliphatic carbocycles. The van der Waals surface area contributed by atoms with Crippen LogP contribution in [0.25, 0.3) is 0 Å². The van der Waals surface area contributed by atoms with Crippen molar-refractivity contribution in [3.05, 3.63) is 29.3 Å². The summed E-state index contributed by atoms with van der Waals surface area (Å²) in [5.74, 6) is 0.437. The number of ether oxygens (including phenoxy) is 2. The predicted molar refractivity (Wildman–Crippen MR) is 76.0 cm³/mol. The lowest BCUT2D eigenvalue weighted by Gasteiger charge is -2.18. The van der Waals surface area contributed by atoms with E-state index in [0.29, 0.717) is 18.7 Å². The molecular weight excluding hydrogens is 258 g/mol. The fourth-order valence-corrected chi connectivity index (χ4v) is 1.85. The minimum atomic E-state index is -0.298. The molecule has 1 rings (SSSR count). The largest absolute Gasteiger partial charge is 0.494 e. The number of esters is 1. The van der Waals surface area contributed by atoms with E-state index in [2.05, 4.69) is 4.74 Å². The Kier molecular flexibility index (Phi) is 6.18. The number of carbonyl (C=O) groups excluding carboxylic acids is 2. The standard InChI is InChI=1S/C15H21NO4/c1-5-20-14-7-6-12(11(2)17)8-13(14)9-16(3)10-15(18)19-4/h6-8H,5,9-10H2,1-4H3. The first kappa shape index (κ1) is 16.2. The number of methoxy groups -OCH3 is 1. The Balaban J connectivity index is 2.91. The number of Topliss-reactive ketones (excluding diaryl/α,β-unsaturated/α-hetero) is 1. The van der Waals surface area contributed by atoms with Crippen LogP contribution in [0, 0.1) is 0 Å². The molecule has 0 atom stereocenters. The van der Waals surface area contributed by atoms with E-state index in [1.807, 2.05) is 18.9 Å². The van der Waals surface area contributed by atoms with Gasteiger partial charge in [-0.1, -0.05) is 0 Å². The van der Waals surface area contributed by atoms with E-state index in [9.17, 15) is 9.59 Å². The van der Waals surface area contributed by atoms with Gasteiger partial charge in [-0.25, -0.2) is 0 Å². The van der Waals surface area contributed by atoms with Gasteiger partial charge in [0.1, 0.15) is 5.75 Å². The van der Waals surface area contributed by atoms with E-state index in [1.165, 1.54) is 14.0 Å². The molecule has 0 saturated carbocycles. The molecule has 1 aromatic carbocycles. The van der Waals surface area contributed by atoms with Gasteiger partial charge in [-0.15, -0.1) is 0 Å². The van der Waals surface area contributed by atoms with Crippen LogP contribution in [0.15, 0.2) is 18.2 Å². The number of hydrogen-bond acceptors (Lipinski definition) is 5. The second-order valence-electron chi connectivity index (χ2n) is 4.56. The molecule has 1 aromatic rings. The second kappa shape index (κ2) is 7.65. The summed E-state index contributed by atoms with van der Waals surface area (Å²) in [6.07, 6.45) is 0. The number of carbonyl (C=O) groups is 2. The fraction of sp³-hybridized carbons (Fsp3) is 0.467. The molecule has 20 heavy (non-hydrogen) atoms. The summed E-state index contributed by atoms with van der Waals surface area (Å²) in [5, 5.41) is 0. The number of hydrogen-bond donors (Lipinski definition) is 0. The van der Waals surface area contributed by atoms with Crippen molar-refractivity contribution in [1.82, 2.24) is 4.90 Å². The van der Waals surface area contributed by atoms with Gasteiger partial charge >= 0.3 is 5.97 Å². The number of rotatable bonds is 7. The van der Waals surface area contributed by atoms with Crippen molar-refractivity contribution in [3.8, 4) is 5.75 Å². The lowest BCUT2D eigenvalue weighted by Crippen LogP contribution is -2.26. The van der Waals surface area contributed by atoms with Crippen LogP contribution in [0.4, 0.5) is 0 Å². The van der Waals surface area contributed by atoms with Crippen LogP contribution in [-0.4, -0.2) is 44.0 Å². The first-order chi connectivity index (χ1) is 9.47. The van der Waals surface area contributed by atoms with Crippen molar-refractivity contribution >= 4 is 11.8 Å². The average molecular weight is 279 g/mol. The summed E-state index contributed by atoms with van der Waals surface area (Å²) < 4.78 is 10.2. The Labute approximate surface area is 119 Å². The molecule has 0 amide bonds. The molecule has 110 valence electrons. The molecule has 0 aliphatic rings. The quantitative estimate of drug-likeness (QED) is 0.563. The third-order valence-electron chi connectivity index (χ3n) is 2.83. The van der Waals surface area contributed by atoms with Gasteiger partial charge in [-0.05, 0) is 39.1 Å². The molecule has 0 spiro atoms. The van der Waals surface area contributed by atoms with Crippen LogP contribution < -0.4 is 4.74 Å². The van der Waals surface area contributed by atoms with Crippen molar-refractivity contribution in [3.63, 3.8) is 0 Å². The van der Waals surface area contributed by atoms with Crippen LogP contribution in [0.2, 0.25) is 0 Å². The maximum absolute atomic E-state index is 11.4. The lowest BCUT2D eigenvalue weighted by molar-refractivity contribution is -0.141. The number of benzene rings is 1. The van der Waals surface area contributed by atoms with Crippen molar-refractivity contribution in [1.29, 1.82) is 0 Å². The molecule has 0 unspecified atom stereocenters. The SMILES string of the molecule is CCOc1ccc(C(C)=O)cc1CN(C)CC(=O)OC. The van der Waals surface area contributed by atoms with Crippen LogP contribution >= 0.6 is 0 Å². The number of ketones is 1. The van der Waals surface area contributed by atoms with Crippen LogP contribution in [-0.2, 0) is 16.1 Å². The Morgan fingerprint density at radius 2 is 2.00 bits per heavy atom. The summed E-state index contributed by atoms with van der Waals surface area (Å²) in [5.41, 5.74) is 1.51. The zero-order valence-corrected chi connectivity index (χ0v) is 12.4. The van der Waals surface area contributed by atoms with E-state index >= 15 is 0 Å². The highest BCUT2D eigenvalue weighted by atomic mass is 16.5. The molecule has 0 bridgehead atoms. The third kappa shape index (κ3) is 4.66. The van der Waals surface area contributed by atoms with Crippen molar-refractivity contribution in [2.75, 3.05) is 27.3 Å². The first-order valence-corrected chi connectivity index (χ1v) is 6.50. The summed E-state index contributed by atoms with van der Waals surface area (Å²) in [4.78, 5) is 24.5. The van der Waals surface area contributed by atoms with Gasteiger partial charge in [0.05, 0.1) is 20.3 Å². The molecule has 0 fully saturated rings. The monoisotopic (exact) mass is 279 g/mol. The summed E-state index contributed by atoms with van der Waals surface area (Å²) in [7, 11) is 3.17. The summed E-state index contributed by atoms with van der Waals surface area (Å²) in [6.45, 7) is 4.67. The van der Waals surface area contributed by atoms with E-state index in [1.54, 1.807) is 18.2 Å². The first-order valence-electron chi connectivity index (χ1n) is 6.50. The number of nitrogens with zero attached hydrogens (tertiary/aromatic N) is 1. The zero-order valence-electron chi connectivity index (χ0n) is 12.4. The Morgan fingerprint density at radius 1 is 1.30 bits per heavy atom. The van der Waals surface area contributed by atoms with Crippen molar-refractivity contribution in [2.45, 2.75) is 20.4 Å². The molecule has 0 aliphatic heterocycles. The van der Waals surface area contributed by atoms with E-state index < -0.39 is 0 Å². The van der Waals surface area contributed by atoms with Gasteiger partial charge in [-0.3, -0.25) is 14.5 Å². The van der Waals surface area contributed by atoms with Gasteiger partial charge in [0.2, 0.25) is 0 Å². The molecule has 0 saturated heterocycles. The smallest absolute Gasteiger partial charge is 0.319 e. The van der Waals surface area contributed by atoms with E-state index in [-0.39, 0.29) is 18.3 Å². The fourth-order valence-electron chi connectivity index (χ4n) is 1.85. The highest BCUT2D eigenvalue weighted by Gasteiger charge is 2.12. The van der Waals surface area contributed by atoms with Crippen LogP contribution in [0.1, 0.15) is 29.8 Å². The van der Waals surface area contributed by atoms with Crippen molar-refractivity contribution in [2.24, 2.45) is 0 Å². The Morgan fingerprint density at radius 3 is 2.55 bits per heavy atom. The second-order valence-corrected chi connectivity index (χ2v) is 4.56. The van der Waals surface area contributed by atoms with Gasteiger partial charge in [0, 0.05) is 17.7 Å². The maximum atomic E-state index is 11.4. The van der Waals surface area contributed by atoms with E-state index in [4.69, 9.17) is 4.74 Å². The van der Waals surface area contributed by atoms with Gasteiger partial charge in [-0.2, -0.15) is 0 Å². The lowest BCUT2D eigenvalue weighted by atomic mass is 10.1. The molecule has 5 heteroatoms. The Bertz CT molecular complexity index is 485. The topological polar surface area (TPSA) is 55.8 Å². The summed E-state index contributed by atoms with van der Waals surface area (Å²) in [6, 6.07) is 5.35. The maximum Gasteiger partial charge on any atom is 0.319 e. The Hall–Kier alpha value is -1.88. The van der Waals surface area contributed by atoms with Crippen molar-refractivity contribution < 1.29 is 19.1 Å². The van der Waals surface area contributed by atoms with E-state index in [0.717, 1.165) is 11.3 Å². The minimum Gasteiger partial charge on any atom is -0.494 e. The van der Waals surface area contributed by atoms with Crippen LogP contribution in [0.3, 0.4) is 0 Å². The minimum absolute atomic E-state index is 0.00456. The zero-order chi connectivity index (χ0) is 15.1. The normalized spacial score (nSPS) is 10.4. The highest BCUT2D eigenvalue weighted by molar-refractivity contribution is 5.94. The predicted octanol–water partition coefficient (Wildman–Crippen LogP) is 1.89. The number of likely N-dealkylation sites (N-methyl/N-ethyl adjacent to an activating group) is 1. The average Bonchev–Trinajstić information content (AvgIpc) is 2.40. The molecule has 0 heterocycles. The van der Waals surface area contributed by atoms with Crippen LogP contribution in [0.5, 0.6) is 5.75 Å².